The van der Waals surface area contributed by atoms with Crippen LogP contribution in [0.15, 0.2) is 113 Å². The maximum absolute atomic E-state index is 14.2. The van der Waals surface area contributed by atoms with Gasteiger partial charge in [0.05, 0.1) is 25.1 Å². The summed E-state index contributed by atoms with van der Waals surface area (Å²) in [6.45, 7) is 6.67. The van der Waals surface area contributed by atoms with Crippen LogP contribution in [0.4, 0.5) is 32.3 Å². The SMILES string of the molecule is CCCC(=O)Nc1ccc(N2C(=O)NC(=NC3CCCCC3)C23CCN(Cc2cccc(C4CCCC(N=C5NC(=O)N(c6ccc(NC(=O)CCO)cc6)C56CCN(Cc5ccccc5)CC6)C4)c2)CC3)cc1. The predicted octanol–water partition coefficient (Wildman–Crippen LogP) is 9.73. The van der Waals surface area contributed by atoms with Crippen molar-refractivity contribution in [2.24, 2.45) is 9.98 Å². The number of aliphatic imine (C=N–C) groups is 2. The zero-order valence-electron chi connectivity index (χ0n) is 43.1. The summed E-state index contributed by atoms with van der Waals surface area (Å²) < 4.78 is 0. The average Bonchev–Trinajstić information content (AvgIpc) is 3.82. The number of piperidine rings is 2. The molecule has 0 bridgehead atoms. The van der Waals surface area contributed by atoms with Gasteiger partial charge in [0.15, 0.2) is 0 Å². The van der Waals surface area contributed by atoms with Gasteiger partial charge in [-0.25, -0.2) is 9.59 Å². The third kappa shape index (κ3) is 11.3. The molecule has 2 aliphatic carbocycles. The standard InChI is InChI=1S/C59H74N10O5/c1-2-11-52(71)60-47-20-24-50(25-21-47)68-56(73)64-54(62-46-17-7-4-8-18-46)58(68)31-35-67(36-32-58)41-43-14-9-15-44(38-43)45-16-10-19-49(39-45)63-55-59(29-33-66(34-30-59)40-42-12-5-3-6-13-42)69(57(74)65-55)51-26-22-48(23-27-51)61-53(72)28-37-70/h3,5-6,9,12-15,20-27,38,45-46,49,70H,2,4,7-8,10-11,16-19,28-37,39-41H2,1H3,(H,60,71)(H,61,72)(H,62,64,73)(H,63,65,74). The van der Waals surface area contributed by atoms with Gasteiger partial charge in [-0.05, 0) is 135 Å². The number of nitrogens with zero attached hydrogens (tertiary/aromatic N) is 6. The fourth-order valence-electron chi connectivity index (χ4n) is 12.6. The molecule has 0 radical (unpaired) electrons. The number of likely N-dealkylation sites (tertiary alicyclic amines) is 2. The van der Waals surface area contributed by atoms with Crippen molar-refractivity contribution in [3.05, 3.63) is 120 Å². The largest absolute Gasteiger partial charge is 0.396 e. The summed E-state index contributed by atoms with van der Waals surface area (Å²) in [5.74, 6) is 1.64. The lowest BCUT2D eigenvalue weighted by atomic mass is 9.80. The third-order valence-corrected chi connectivity index (χ3v) is 16.5. The Morgan fingerprint density at radius 2 is 1.12 bits per heavy atom. The molecule has 390 valence electrons. The molecule has 2 atom stereocenters. The first-order valence-corrected chi connectivity index (χ1v) is 27.5. The molecule has 6 amide bonds. The van der Waals surface area contributed by atoms with Gasteiger partial charge in [0.2, 0.25) is 11.8 Å². The van der Waals surface area contributed by atoms with Crippen LogP contribution >= 0.6 is 0 Å². The summed E-state index contributed by atoms with van der Waals surface area (Å²) in [6, 6.07) is 34.7. The number of carbonyl (C=O) groups excluding carboxylic acids is 4. The molecule has 6 fully saturated rings. The number of amides is 6. The van der Waals surface area contributed by atoms with Gasteiger partial charge in [-0.1, -0.05) is 87.2 Å². The molecular formula is C59H74N10O5. The summed E-state index contributed by atoms with van der Waals surface area (Å²) in [6.07, 6.45) is 13.9. The van der Waals surface area contributed by atoms with Crippen molar-refractivity contribution in [1.82, 2.24) is 20.4 Å². The van der Waals surface area contributed by atoms with E-state index in [4.69, 9.17) is 9.98 Å². The molecule has 6 aliphatic rings. The first kappa shape index (κ1) is 51.1. The highest BCUT2D eigenvalue weighted by atomic mass is 16.3. The highest BCUT2D eigenvalue weighted by molar-refractivity contribution is 6.20. The molecule has 4 aliphatic heterocycles. The number of aliphatic hydroxyl groups excluding tert-OH is 1. The van der Waals surface area contributed by atoms with E-state index in [1.807, 2.05) is 71.3 Å². The van der Waals surface area contributed by atoms with Crippen molar-refractivity contribution in [3.63, 3.8) is 0 Å². The van der Waals surface area contributed by atoms with Crippen LogP contribution in [0.25, 0.3) is 0 Å². The van der Waals surface area contributed by atoms with E-state index < -0.39 is 11.1 Å². The molecular weight excluding hydrogens is 929 g/mol. The second-order valence-corrected chi connectivity index (χ2v) is 21.6. The number of rotatable bonds is 15. The van der Waals surface area contributed by atoms with Gasteiger partial charge < -0.3 is 15.7 Å². The summed E-state index contributed by atoms with van der Waals surface area (Å²) in [5.41, 5.74) is 5.58. The fourth-order valence-corrected chi connectivity index (χ4v) is 12.6. The van der Waals surface area contributed by atoms with E-state index in [1.165, 1.54) is 36.0 Å². The lowest BCUT2D eigenvalue weighted by Crippen LogP contribution is -2.57. The number of aliphatic hydroxyl groups is 1. The molecule has 4 heterocycles. The van der Waals surface area contributed by atoms with Crippen LogP contribution in [0.5, 0.6) is 0 Å². The van der Waals surface area contributed by atoms with Crippen LogP contribution < -0.4 is 31.1 Å². The maximum atomic E-state index is 14.2. The summed E-state index contributed by atoms with van der Waals surface area (Å²) in [4.78, 5) is 72.5. The van der Waals surface area contributed by atoms with Crippen molar-refractivity contribution in [1.29, 1.82) is 0 Å². The van der Waals surface area contributed by atoms with Crippen molar-refractivity contribution >= 4 is 58.3 Å². The van der Waals surface area contributed by atoms with E-state index in [1.54, 1.807) is 0 Å². The van der Waals surface area contributed by atoms with Crippen LogP contribution in [0, 0.1) is 0 Å². The zero-order chi connectivity index (χ0) is 51.1. The van der Waals surface area contributed by atoms with Crippen molar-refractivity contribution in [3.8, 4) is 0 Å². The monoisotopic (exact) mass is 1000 g/mol. The number of carbonyl (C=O) groups is 4. The lowest BCUT2D eigenvalue weighted by molar-refractivity contribution is -0.117. The minimum absolute atomic E-state index is 0.0121. The Bertz CT molecular complexity index is 2670. The normalized spacial score (nSPS) is 23.4. The number of amidine groups is 2. The Labute approximate surface area is 436 Å². The van der Waals surface area contributed by atoms with Crippen molar-refractivity contribution < 1.29 is 24.3 Å². The van der Waals surface area contributed by atoms with Gasteiger partial charge in [0.25, 0.3) is 0 Å². The van der Waals surface area contributed by atoms with Gasteiger partial charge >= 0.3 is 12.1 Å². The van der Waals surface area contributed by atoms with E-state index in [-0.39, 0.29) is 49.0 Å². The molecule has 4 saturated heterocycles. The van der Waals surface area contributed by atoms with Crippen LogP contribution in [-0.4, -0.2) is 106 Å². The highest BCUT2D eigenvalue weighted by Gasteiger charge is 2.55. The third-order valence-electron chi connectivity index (χ3n) is 16.5. The number of anilines is 4. The molecule has 15 nitrogen and oxygen atoms in total. The van der Waals surface area contributed by atoms with E-state index in [9.17, 15) is 24.3 Å². The Kier molecular flexibility index (Phi) is 15.9. The number of nitrogens with one attached hydrogen (secondary N) is 4. The van der Waals surface area contributed by atoms with Gasteiger partial charge in [-0.15, -0.1) is 0 Å². The minimum Gasteiger partial charge on any atom is -0.396 e. The maximum Gasteiger partial charge on any atom is 0.328 e. The molecule has 2 spiro atoms. The van der Waals surface area contributed by atoms with Gasteiger partial charge in [0.1, 0.15) is 22.7 Å². The summed E-state index contributed by atoms with van der Waals surface area (Å²) in [5, 5.41) is 21.6. The van der Waals surface area contributed by atoms with Crippen LogP contribution in [-0.2, 0) is 22.7 Å². The molecule has 15 heteroatoms. The van der Waals surface area contributed by atoms with E-state index >= 15 is 0 Å². The first-order valence-electron chi connectivity index (χ1n) is 27.5. The van der Waals surface area contributed by atoms with E-state index in [0.29, 0.717) is 18.0 Å². The van der Waals surface area contributed by atoms with Crippen LogP contribution in [0.3, 0.4) is 0 Å². The zero-order valence-corrected chi connectivity index (χ0v) is 43.1. The van der Waals surface area contributed by atoms with Crippen LogP contribution in [0.1, 0.15) is 132 Å². The predicted molar refractivity (Wildman–Crippen MR) is 293 cm³/mol. The van der Waals surface area contributed by atoms with Crippen LogP contribution in [0.2, 0.25) is 0 Å². The molecule has 10 rings (SSSR count). The molecule has 4 aromatic rings. The van der Waals surface area contributed by atoms with E-state index in [0.717, 1.165) is 139 Å². The fraction of sp³-hybridized carbons (Fsp3) is 0.492. The lowest BCUT2D eigenvalue weighted by Gasteiger charge is -2.44. The van der Waals surface area contributed by atoms with Gasteiger partial charge in [-0.3, -0.25) is 49.8 Å². The molecule has 4 aromatic carbocycles. The Balaban J connectivity index is 0.834. The number of hydrogen-bond donors (Lipinski definition) is 5. The topological polar surface area (TPSA) is 174 Å². The molecule has 74 heavy (non-hydrogen) atoms. The number of hydrogen-bond acceptors (Lipinski definition) is 9. The molecule has 2 unspecified atom stereocenters. The molecule has 2 saturated carbocycles. The first-order chi connectivity index (χ1) is 36.1. The van der Waals surface area contributed by atoms with Gasteiger partial charge in [-0.2, -0.15) is 0 Å². The number of urea groups is 2. The highest BCUT2D eigenvalue weighted by Crippen LogP contribution is 2.43. The smallest absolute Gasteiger partial charge is 0.328 e. The summed E-state index contributed by atoms with van der Waals surface area (Å²) in [7, 11) is 0. The van der Waals surface area contributed by atoms with Crippen molar-refractivity contribution in [2.45, 2.75) is 152 Å². The second-order valence-electron chi connectivity index (χ2n) is 21.6. The Hall–Kier alpha value is -6.42. The second kappa shape index (κ2) is 23.0. The molecule has 0 aromatic heterocycles. The Morgan fingerprint density at radius 1 is 0.608 bits per heavy atom. The van der Waals surface area contributed by atoms with Crippen molar-refractivity contribution in [2.75, 3.05) is 53.2 Å². The van der Waals surface area contributed by atoms with Gasteiger partial charge in [0, 0.05) is 68.4 Å². The van der Waals surface area contributed by atoms with E-state index in [2.05, 4.69) is 79.6 Å². The minimum atomic E-state index is -0.634. The number of benzene rings is 4. The quantitative estimate of drug-likeness (QED) is 0.0788. The Morgan fingerprint density at radius 3 is 1.68 bits per heavy atom. The summed E-state index contributed by atoms with van der Waals surface area (Å²) >= 11 is 0. The average molecular weight is 1000 g/mol. The molecule has 5 N–H and O–H groups in total.